The molecular formula is C10HCl2F9O. The van der Waals surface area contributed by atoms with Crippen LogP contribution in [0.15, 0.2) is 6.07 Å². The SMILES string of the molecule is O=C(Cl)c1c(C(F)(F)F)cc(C(F)(F)F)c(Cl)c1C(F)(F)F. The molecular weight excluding hydrogens is 378 g/mol. The molecule has 0 radical (unpaired) electrons. The second kappa shape index (κ2) is 5.48. The summed E-state index contributed by atoms with van der Waals surface area (Å²) in [6, 6.07) is -0.687. The summed E-state index contributed by atoms with van der Waals surface area (Å²) in [5.74, 6) is 0. The molecule has 0 saturated heterocycles. The first kappa shape index (κ1) is 18.9. The molecule has 124 valence electrons. The van der Waals surface area contributed by atoms with E-state index >= 15 is 0 Å². The lowest BCUT2D eigenvalue weighted by molar-refractivity contribution is -0.148. The van der Waals surface area contributed by atoms with Crippen LogP contribution in [0.1, 0.15) is 27.0 Å². The van der Waals surface area contributed by atoms with Gasteiger partial charge in [0.15, 0.2) is 0 Å². The zero-order valence-electron chi connectivity index (χ0n) is 9.64. The molecule has 1 aromatic carbocycles. The summed E-state index contributed by atoms with van der Waals surface area (Å²) in [6.07, 6.45) is -17.1. The summed E-state index contributed by atoms with van der Waals surface area (Å²) < 4.78 is 114. The molecule has 0 spiro atoms. The Hall–Kier alpha value is -1.16. The molecule has 0 amide bonds. The zero-order valence-corrected chi connectivity index (χ0v) is 11.2. The predicted octanol–water partition coefficient (Wildman–Crippen LogP) is 5.78. The molecule has 0 unspecified atom stereocenters. The number of carbonyl (C=O) groups excluding carboxylic acids is 1. The van der Waals surface area contributed by atoms with Gasteiger partial charge in [-0.1, -0.05) is 11.6 Å². The predicted molar refractivity (Wildman–Crippen MR) is 56.6 cm³/mol. The van der Waals surface area contributed by atoms with E-state index in [0.29, 0.717) is 0 Å². The van der Waals surface area contributed by atoms with Crippen LogP contribution in [0.25, 0.3) is 0 Å². The molecule has 1 aromatic rings. The highest BCUT2D eigenvalue weighted by atomic mass is 35.5. The molecule has 0 saturated carbocycles. The quantitative estimate of drug-likeness (QED) is 0.447. The van der Waals surface area contributed by atoms with Crippen molar-refractivity contribution in [2.75, 3.05) is 0 Å². The molecule has 0 aliphatic heterocycles. The Morgan fingerprint density at radius 3 is 1.50 bits per heavy atom. The molecule has 1 rings (SSSR count). The van der Waals surface area contributed by atoms with Crippen LogP contribution >= 0.6 is 23.2 Å². The largest absolute Gasteiger partial charge is 0.418 e. The Morgan fingerprint density at radius 2 is 1.23 bits per heavy atom. The number of hydrogen-bond acceptors (Lipinski definition) is 1. The van der Waals surface area contributed by atoms with Crippen molar-refractivity contribution in [3.05, 3.63) is 33.3 Å². The summed E-state index contributed by atoms with van der Waals surface area (Å²) in [5.41, 5.74) is -9.62. The van der Waals surface area contributed by atoms with Gasteiger partial charge in [-0.3, -0.25) is 4.79 Å². The number of halogens is 11. The van der Waals surface area contributed by atoms with Crippen LogP contribution in [-0.4, -0.2) is 5.24 Å². The minimum absolute atomic E-state index is 0.687. The van der Waals surface area contributed by atoms with Crippen LogP contribution < -0.4 is 0 Å². The standard InChI is InChI=1S/C10HCl2F9O/c11-6-3(9(16,17)18)1-2(8(13,14)15)4(7(12)22)5(6)10(19,20)21/h1H. The number of benzene rings is 1. The molecule has 0 heterocycles. The third kappa shape index (κ3) is 3.60. The van der Waals surface area contributed by atoms with E-state index in [1.165, 1.54) is 0 Å². The van der Waals surface area contributed by atoms with Gasteiger partial charge in [0.1, 0.15) is 0 Å². The number of alkyl halides is 9. The van der Waals surface area contributed by atoms with Crippen LogP contribution in [0.4, 0.5) is 39.5 Å². The first-order chi connectivity index (χ1) is 9.58. The average molecular weight is 379 g/mol. The van der Waals surface area contributed by atoms with Crippen LogP contribution in [0.2, 0.25) is 5.02 Å². The highest BCUT2D eigenvalue weighted by Crippen LogP contribution is 2.48. The zero-order chi connectivity index (χ0) is 17.7. The summed E-state index contributed by atoms with van der Waals surface area (Å²) in [4.78, 5) is 10.9. The smallest absolute Gasteiger partial charge is 0.276 e. The Balaban J connectivity index is 4.07. The first-order valence-electron chi connectivity index (χ1n) is 4.86. The Bertz CT molecular complexity index is 613. The van der Waals surface area contributed by atoms with E-state index in [1.54, 1.807) is 0 Å². The Morgan fingerprint density at radius 1 is 0.818 bits per heavy atom. The Labute approximate surface area is 125 Å². The lowest BCUT2D eigenvalue weighted by Crippen LogP contribution is -2.22. The van der Waals surface area contributed by atoms with Gasteiger partial charge in [0.2, 0.25) is 0 Å². The van der Waals surface area contributed by atoms with Crippen molar-refractivity contribution in [1.82, 2.24) is 0 Å². The summed E-state index contributed by atoms with van der Waals surface area (Å²) >= 11 is 9.62. The van der Waals surface area contributed by atoms with Crippen molar-refractivity contribution in [2.24, 2.45) is 0 Å². The number of hydrogen-bond donors (Lipinski definition) is 0. The summed E-state index contributed by atoms with van der Waals surface area (Å²) in [5, 5.41) is -4.33. The van der Waals surface area contributed by atoms with Crippen molar-refractivity contribution in [3.63, 3.8) is 0 Å². The lowest BCUT2D eigenvalue weighted by atomic mass is 9.96. The van der Waals surface area contributed by atoms with Crippen molar-refractivity contribution < 1.29 is 44.3 Å². The third-order valence-corrected chi connectivity index (χ3v) is 2.94. The number of carbonyl (C=O) groups is 1. The molecule has 22 heavy (non-hydrogen) atoms. The topological polar surface area (TPSA) is 17.1 Å². The fourth-order valence-corrected chi connectivity index (χ4v) is 2.12. The van der Waals surface area contributed by atoms with E-state index in [4.69, 9.17) is 11.6 Å². The highest BCUT2D eigenvalue weighted by molar-refractivity contribution is 6.68. The van der Waals surface area contributed by atoms with E-state index in [1.807, 2.05) is 0 Å². The molecule has 0 atom stereocenters. The molecule has 0 N–H and O–H groups in total. The summed E-state index contributed by atoms with van der Waals surface area (Å²) in [6.45, 7) is 0. The van der Waals surface area contributed by atoms with Crippen LogP contribution in [0.5, 0.6) is 0 Å². The molecule has 0 aliphatic carbocycles. The van der Waals surface area contributed by atoms with Crippen LogP contribution in [-0.2, 0) is 18.5 Å². The van der Waals surface area contributed by atoms with Gasteiger partial charge < -0.3 is 0 Å². The van der Waals surface area contributed by atoms with Gasteiger partial charge in [-0.25, -0.2) is 0 Å². The van der Waals surface area contributed by atoms with Crippen LogP contribution in [0, 0.1) is 0 Å². The van der Waals surface area contributed by atoms with Gasteiger partial charge in [0.05, 0.1) is 27.3 Å². The normalized spacial score (nSPS) is 13.4. The van der Waals surface area contributed by atoms with Gasteiger partial charge in [0.25, 0.3) is 5.24 Å². The lowest BCUT2D eigenvalue weighted by Gasteiger charge is -2.21. The molecule has 0 aliphatic rings. The molecule has 0 bridgehead atoms. The van der Waals surface area contributed by atoms with E-state index in [0.717, 1.165) is 0 Å². The third-order valence-electron chi connectivity index (χ3n) is 2.35. The highest BCUT2D eigenvalue weighted by Gasteiger charge is 2.48. The van der Waals surface area contributed by atoms with Crippen molar-refractivity contribution in [2.45, 2.75) is 18.5 Å². The Kier molecular flexibility index (Phi) is 4.71. The maximum absolute atomic E-state index is 12.8. The maximum Gasteiger partial charge on any atom is 0.418 e. The molecule has 0 aromatic heterocycles. The van der Waals surface area contributed by atoms with Gasteiger partial charge in [-0.15, -0.1) is 0 Å². The van der Waals surface area contributed by atoms with Gasteiger partial charge >= 0.3 is 18.5 Å². The second-order valence-electron chi connectivity index (χ2n) is 3.80. The fourth-order valence-electron chi connectivity index (χ4n) is 1.56. The minimum atomic E-state index is -5.77. The van der Waals surface area contributed by atoms with E-state index < -0.39 is 57.1 Å². The molecule has 1 nitrogen and oxygen atoms in total. The van der Waals surface area contributed by atoms with E-state index in [-0.39, 0.29) is 0 Å². The van der Waals surface area contributed by atoms with Crippen molar-refractivity contribution in [3.8, 4) is 0 Å². The maximum atomic E-state index is 12.8. The first-order valence-corrected chi connectivity index (χ1v) is 5.62. The van der Waals surface area contributed by atoms with Crippen molar-refractivity contribution in [1.29, 1.82) is 0 Å². The number of rotatable bonds is 1. The summed E-state index contributed by atoms with van der Waals surface area (Å²) in [7, 11) is 0. The average Bonchev–Trinajstić information content (AvgIpc) is 2.22. The van der Waals surface area contributed by atoms with Gasteiger partial charge in [0, 0.05) is 0 Å². The van der Waals surface area contributed by atoms with Crippen molar-refractivity contribution >= 4 is 28.4 Å². The monoisotopic (exact) mass is 378 g/mol. The molecule has 12 heteroatoms. The second-order valence-corrected chi connectivity index (χ2v) is 4.52. The van der Waals surface area contributed by atoms with E-state index in [9.17, 15) is 44.3 Å². The van der Waals surface area contributed by atoms with Crippen LogP contribution in [0.3, 0.4) is 0 Å². The fraction of sp³-hybridized carbons (Fsp3) is 0.300. The van der Waals surface area contributed by atoms with Gasteiger partial charge in [-0.2, -0.15) is 39.5 Å². The minimum Gasteiger partial charge on any atom is -0.276 e. The molecule has 0 fully saturated rings. The van der Waals surface area contributed by atoms with E-state index in [2.05, 4.69) is 11.6 Å². The van der Waals surface area contributed by atoms with Gasteiger partial charge in [-0.05, 0) is 17.7 Å².